The maximum absolute atomic E-state index is 13.4. The van der Waals surface area contributed by atoms with Gasteiger partial charge < -0.3 is 5.32 Å². The topological polar surface area (TPSA) is 12.0 Å². The molecule has 1 N–H and O–H groups in total. The second-order valence-electron chi connectivity index (χ2n) is 3.36. The van der Waals surface area contributed by atoms with E-state index in [-0.39, 0.29) is 10.8 Å². The lowest BCUT2D eigenvalue weighted by molar-refractivity contribution is 0.625. The number of anilines is 1. The maximum Gasteiger partial charge on any atom is 0.143 e. The van der Waals surface area contributed by atoms with E-state index in [9.17, 15) is 4.39 Å². The van der Waals surface area contributed by atoms with E-state index in [2.05, 4.69) is 11.4 Å². The highest BCUT2D eigenvalue weighted by atomic mass is 35.5. The first-order chi connectivity index (χ1) is 8.22. The smallest absolute Gasteiger partial charge is 0.143 e. The van der Waals surface area contributed by atoms with E-state index in [4.69, 9.17) is 11.6 Å². The van der Waals surface area contributed by atoms with Crippen LogP contribution in [0.5, 0.6) is 0 Å². The lowest BCUT2D eigenvalue weighted by atomic mass is 10.3. The fourth-order valence-electron chi connectivity index (χ4n) is 1.41. The zero-order valence-corrected chi connectivity index (χ0v) is 11.6. The molecule has 5 heteroatoms. The molecule has 0 unspecified atom stereocenters. The van der Waals surface area contributed by atoms with Crippen molar-refractivity contribution >= 4 is 40.4 Å². The summed E-state index contributed by atoms with van der Waals surface area (Å²) in [5.74, 6) is 0.426. The molecule has 0 atom stereocenters. The molecule has 0 aliphatic rings. The average Bonchev–Trinajstić information content (AvgIpc) is 2.84. The Kier molecular flexibility index (Phi) is 4.31. The van der Waals surface area contributed by atoms with Gasteiger partial charge in [0, 0.05) is 23.4 Å². The standard InChI is InChI=1S/C12H11ClFNS2/c1-15-10-5-4-9(14)11(13)12(10)17-7-8-3-2-6-16-8/h2-6,15H,7H2,1H3. The predicted octanol–water partition coefficient (Wildman–Crippen LogP) is 4.87. The van der Waals surface area contributed by atoms with Gasteiger partial charge in [0.15, 0.2) is 0 Å². The lowest BCUT2D eigenvalue weighted by Crippen LogP contribution is -1.93. The van der Waals surface area contributed by atoms with Crippen LogP contribution < -0.4 is 5.32 Å². The fraction of sp³-hybridized carbons (Fsp3) is 0.167. The summed E-state index contributed by atoms with van der Waals surface area (Å²) in [6.45, 7) is 0. The zero-order chi connectivity index (χ0) is 12.3. The van der Waals surface area contributed by atoms with E-state index in [0.29, 0.717) is 0 Å². The molecule has 0 radical (unpaired) electrons. The van der Waals surface area contributed by atoms with E-state index in [1.54, 1.807) is 36.2 Å². The molecule has 0 aliphatic carbocycles. The monoisotopic (exact) mass is 287 g/mol. The van der Waals surface area contributed by atoms with Crippen LogP contribution in [-0.4, -0.2) is 7.05 Å². The minimum atomic E-state index is -0.376. The van der Waals surface area contributed by atoms with Gasteiger partial charge in [-0.25, -0.2) is 4.39 Å². The zero-order valence-electron chi connectivity index (χ0n) is 9.17. The summed E-state index contributed by atoms with van der Waals surface area (Å²) in [7, 11) is 1.80. The van der Waals surface area contributed by atoms with Crippen molar-refractivity contribution in [3.8, 4) is 0 Å². The summed E-state index contributed by atoms with van der Waals surface area (Å²) < 4.78 is 13.4. The van der Waals surface area contributed by atoms with Crippen molar-refractivity contribution in [3.05, 3.63) is 45.4 Å². The van der Waals surface area contributed by atoms with Crippen molar-refractivity contribution in [1.29, 1.82) is 0 Å². The summed E-state index contributed by atoms with van der Waals surface area (Å²) in [4.78, 5) is 2.01. The maximum atomic E-state index is 13.4. The molecular formula is C12H11ClFNS2. The number of thiophene rings is 1. The van der Waals surface area contributed by atoms with Gasteiger partial charge in [0.2, 0.25) is 0 Å². The molecule has 0 amide bonds. The average molecular weight is 288 g/mol. The van der Waals surface area contributed by atoms with Gasteiger partial charge in [-0.05, 0) is 23.6 Å². The van der Waals surface area contributed by atoms with Crippen molar-refractivity contribution in [2.45, 2.75) is 10.6 Å². The van der Waals surface area contributed by atoms with Gasteiger partial charge in [0.1, 0.15) is 5.82 Å². The molecule has 0 fully saturated rings. The second kappa shape index (κ2) is 5.76. The van der Waals surface area contributed by atoms with E-state index in [1.165, 1.54) is 10.9 Å². The number of hydrogen-bond acceptors (Lipinski definition) is 3. The summed E-state index contributed by atoms with van der Waals surface area (Å²) in [6.07, 6.45) is 0. The molecule has 0 aliphatic heterocycles. The fourth-order valence-corrected chi connectivity index (χ4v) is 3.61. The van der Waals surface area contributed by atoms with Gasteiger partial charge >= 0.3 is 0 Å². The van der Waals surface area contributed by atoms with Crippen molar-refractivity contribution < 1.29 is 4.39 Å². The number of halogens is 2. The first-order valence-electron chi connectivity index (χ1n) is 5.03. The van der Waals surface area contributed by atoms with E-state index < -0.39 is 0 Å². The second-order valence-corrected chi connectivity index (χ2v) is 5.75. The molecule has 0 saturated carbocycles. The van der Waals surface area contributed by atoms with E-state index >= 15 is 0 Å². The van der Waals surface area contributed by atoms with Crippen LogP contribution in [0.2, 0.25) is 5.02 Å². The highest BCUT2D eigenvalue weighted by Gasteiger charge is 2.12. The van der Waals surface area contributed by atoms with Crippen LogP contribution in [0.1, 0.15) is 4.88 Å². The minimum absolute atomic E-state index is 0.193. The largest absolute Gasteiger partial charge is 0.387 e. The van der Waals surface area contributed by atoms with Crippen molar-refractivity contribution in [2.75, 3.05) is 12.4 Å². The van der Waals surface area contributed by atoms with Crippen molar-refractivity contribution in [2.24, 2.45) is 0 Å². The highest BCUT2D eigenvalue weighted by Crippen LogP contribution is 2.38. The molecule has 1 aromatic heterocycles. The Morgan fingerprint density at radius 2 is 2.24 bits per heavy atom. The summed E-state index contributed by atoms with van der Waals surface area (Å²) >= 11 is 9.22. The molecule has 90 valence electrons. The Morgan fingerprint density at radius 1 is 1.41 bits per heavy atom. The van der Waals surface area contributed by atoms with Gasteiger partial charge in [0.25, 0.3) is 0 Å². The van der Waals surface area contributed by atoms with Crippen LogP contribution >= 0.6 is 34.7 Å². The third-order valence-corrected chi connectivity index (χ3v) is 4.97. The Labute approximate surface area is 113 Å². The quantitative estimate of drug-likeness (QED) is 0.805. The number of benzene rings is 1. The van der Waals surface area contributed by atoms with Crippen LogP contribution in [-0.2, 0) is 5.75 Å². The molecule has 17 heavy (non-hydrogen) atoms. The van der Waals surface area contributed by atoms with Crippen LogP contribution in [0.15, 0.2) is 34.5 Å². The first-order valence-corrected chi connectivity index (χ1v) is 7.27. The van der Waals surface area contributed by atoms with Gasteiger partial charge in [-0.3, -0.25) is 0 Å². The highest BCUT2D eigenvalue weighted by molar-refractivity contribution is 7.99. The third kappa shape index (κ3) is 2.94. The molecule has 1 aromatic carbocycles. The van der Waals surface area contributed by atoms with Gasteiger partial charge in [0.05, 0.1) is 9.92 Å². The van der Waals surface area contributed by atoms with E-state index in [1.807, 2.05) is 11.4 Å². The normalized spacial score (nSPS) is 10.5. The van der Waals surface area contributed by atoms with Crippen LogP contribution in [0.4, 0.5) is 10.1 Å². The van der Waals surface area contributed by atoms with Crippen LogP contribution in [0, 0.1) is 5.82 Å². The molecule has 0 spiro atoms. The summed E-state index contributed by atoms with van der Waals surface area (Å²) in [6, 6.07) is 7.15. The predicted molar refractivity (Wildman–Crippen MR) is 74.8 cm³/mol. The van der Waals surface area contributed by atoms with Gasteiger partial charge in [-0.15, -0.1) is 23.1 Å². The Hall–Kier alpha value is -0.710. The SMILES string of the molecule is CNc1ccc(F)c(Cl)c1SCc1cccs1. The Balaban J connectivity index is 2.21. The van der Waals surface area contributed by atoms with Crippen LogP contribution in [0.3, 0.4) is 0 Å². The number of rotatable bonds is 4. The van der Waals surface area contributed by atoms with Crippen molar-refractivity contribution in [3.63, 3.8) is 0 Å². The molecule has 2 rings (SSSR count). The lowest BCUT2D eigenvalue weighted by Gasteiger charge is -2.10. The van der Waals surface area contributed by atoms with Crippen molar-refractivity contribution in [1.82, 2.24) is 0 Å². The molecule has 0 bridgehead atoms. The van der Waals surface area contributed by atoms with Gasteiger partial charge in [-0.1, -0.05) is 17.7 Å². The Bertz CT molecular complexity index is 499. The molecular weight excluding hydrogens is 277 g/mol. The molecule has 1 heterocycles. The number of thioether (sulfide) groups is 1. The molecule has 0 saturated heterocycles. The molecule has 1 nitrogen and oxygen atoms in total. The number of nitrogens with one attached hydrogen (secondary N) is 1. The summed E-state index contributed by atoms with van der Waals surface area (Å²) in [5.41, 5.74) is 0.859. The first kappa shape index (κ1) is 12.7. The van der Waals surface area contributed by atoms with Crippen LogP contribution in [0.25, 0.3) is 0 Å². The van der Waals surface area contributed by atoms with E-state index in [0.717, 1.165) is 16.3 Å². The van der Waals surface area contributed by atoms with Gasteiger partial charge in [-0.2, -0.15) is 0 Å². The Morgan fingerprint density at radius 3 is 2.88 bits per heavy atom. The third-order valence-electron chi connectivity index (χ3n) is 2.26. The summed E-state index contributed by atoms with van der Waals surface area (Å²) in [5, 5.41) is 5.25. The minimum Gasteiger partial charge on any atom is -0.387 e. The molecule has 2 aromatic rings. The number of hydrogen-bond donors (Lipinski definition) is 1.